The minimum Gasteiger partial charge on any atom is -0.456 e. The van der Waals surface area contributed by atoms with Gasteiger partial charge in [0.2, 0.25) is 0 Å². The minimum atomic E-state index is 0.569. The molecule has 12 aromatic carbocycles. The van der Waals surface area contributed by atoms with Gasteiger partial charge < -0.3 is 8.98 Å². The summed E-state index contributed by atoms with van der Waals surface area (Å²) in [6.45, 7) is 0. The van der Waals surface area contributed by atoms with Crippen LogP contribution in [0.1, 0.15) is 0 Å². The number of thiophene rings is 1. The van der Waals surface area contributed by atoms with Crippen molar-refractivity contribution in [1.29, 1.82) is 0 Å². The van der Waals surface area contributed by atoms with Crippen LogP contribution in [0.2, 0.25) is 0 Å². The van der Waals surface area contributed by atoms with Crippen molar-refractivity contribution < 1.29 is 4.42 Å². The van der Waals surface area contributed by atoms with Crippen molar-refractivity contribution in [2.45, 2.75) is 0 Å². The van der Waals surface area contributed by atoms with E-state index in [1.165, 1.54) is 42.1 Å². The largest absolute Gasteiger partial charge is 0.456 e. The van der Waals surface area contributed by atoms with E-state index in [-0.39, 0.29) is 0 Å². The summed E-state index contributed by atoms with van der Waals surface area (Å²) in [5.74, 6) is 1.75. The SMILES string of the molecule is c1ccc(-c2cc(-c3ccccc3)cc(-c3cccc(-c4nc(-c5ccccc5)nc(-c5cccc6oc7ccc(-c8ccc9c(c8)c8ccccc8n9-c8cccc(-c9cccc%10c9sc9ccccc9%10)c8)cc7c56)n4)c3)c2)cc1. The van der Waals surface area contributed by atoms with Crippen molar-refractivity contribution in [3.63, 3.8) is 0 Å². The second kappa shape index (κ2) is 19.1. The average molecular weight is 1050 g/mol. The third kappa shape index (κ3) is 8.11. The van der Waals surface area contributed by atoms with Gasteiger partial charge in [-0.2, -0.15) is 0 Å². The first kappa shape index (κ1) is 46.6. The Morgan fingerprint density at radius 2 is 0.802 bits per heavy atom. The molecular formula is C75H46N4OS. The summed E-state index contributed by atoms with van der Waals surface area (Å²) >= 11 is 1.87. The molecule has 0 amide bonds. The normalized spacial score (nSPS) is 11.7. The van der Waals surface area contributed by atoms with E-state index in [4.69, 9.17) is 19.4 Å². The highest BCUT2D eigenvalue weighted by atomic mass is 32.1. The van der Waals surface area contributed by atoms with Crippen molar-refractivity contribution in [3.05, 3.63) is 279 Å². The number of fused-ring (bicyclic) bond motifs is 9. The van der Waals surface area contributed by atoms with Crippen LogP contribution >= 0.6 is 11.3 Å². The Kier molecular flexibility index (Phi) is 11.0. The predicted octanol–water partition coefficient (Wildman–Crippen LogP) is 20.6. The second-order valence-electron chi connectivity index (χ2n) is 20.7. The van der Waals surface area contributed by atoms with E-state index >= 15 is 0 Å². The van der Waals surface area contributed by atoms with Gasteiger partial charge in [-0.1, -0.05) is 200 Å². The minimum absolute atomic E-state index is 0.569. The van der Waals surface area contributed by atoms with Gasteiger partial charge in [0.25, 0.3) is 0 Å². The fourth-order valence-corrected chi connectivity index (χ4v) is 13.2. The molecular weight excluding hydrogens is 1000 g/mol. The van der Waals surface area contributed by atoms with Crippen LogP contribution in [-0.4, -0.2) is 19.5 Å². The molecule has 0 radical (unpaired) electrons. The van der Waals surface area contributed by atoms with Crippen molar-refractivity contribution in [2.24, 2.45) is 0 Å². The molecule has 0 aliphatic heterocycles. The summed E-state index contributed by atoms with van der Waals surface area (Å²) in [7, 11) is 0. The van der Waals surface area contributed by atoms with Crippen LogP contribution in [0.5, 0.6) is 0 Å². The maximum absolute atomic E-state index is 6.67. The van der Waals surface area contributed by atoms with E-state index in [9.17, 15) is 0 Å². The Hall–Kier alpha value is -10.5. The molecule has 16 rings (SSSR count). The van der Waals surface area contributed by atoms with Gasteiger partial charge in [0, 0.05) is 64.1 Å². The Labute approximate surface area is 471 Å². The molecule has 0 fully saturated rings. The fourth-order valence-electron chi connectivity index (χ4n) is 12.0. The molecule has 4 heterocycles. The predicted molar refractivity (Wildman–Crippen MR) is 338 cm³/mol. The quantitative estimate of drug-likeness (QED) is 0.145. The summed E-state index contributed by atoms with van der Waals surface area (Å²) in [5, 5.41) is 6.94. The number of hydrogen-bond acceptors (Lipinski definition) is 5. The third-order valence-electron chi connectivity index (χ3n) is 15.8. The van der Waals surface area contributed by atoms with E-state index in [2.05, 4.69) is 253 Å². The summed E-state index contributed by atoms with van der Waals surface area (Å²) in [5.41, 5.74) is 19.1. The zero-order valence-electron chi connectivity index (χ0n) is 43.7. The van der Waals surface area contributed by atoms with Crippen LogP contribution in [0.25, 0.3) is 159 Å². The summed E-state index contributed by atoms with van der Waals surface area (Å²) in [6.07, 6.45) is 0. The summed E-state index contributed by atoms with van der Waals surface area (Å²) in [6, 6.07) is 99.5. The number of nitrogens with zero attached hydrogens (tertiary/aromatic N) is 4. The van der Waals surface area contributed by atoms with Gasteiger partial charge >= 0.3 is 0 Å². The summed E-state index contributed by atoms with van der Waals surface area (Å²) in [4.78, 5) is 15.8. The number of rotatable bonds is 9. The topological polar surface area (TPSA) is 56.7 Å². The molecule has 0 spiro atoms. The third-order valence-corrected chi connectivity index (χ3v) is 17.1. The lowest BCUT2D eigenvalue weighted by Crippen LogP contribution is -2.00. The van der Waals surface area contributed by atoms with E-state index in [1.54, 1.807) is 0 Å². The monoisotopic (exact) mass is 1050 g/mol. The smallest absolute Gasteiger partial charge is 0.164 e. The summed E-state index contributed by atoms with van der Waals surface area (Å²) < 4.78 is 11.7. The van der Waals surface area contributed by atoms with Gasteiger partial charge in [0.05, 0.1) is 11.0 Å². The lowest BCUT2D eigenvalue weighted by Gasteiger charge is -2.13. The van der Waals surface area contributed by atoms with Crippen LogP contribution < -0.4 is 0 Å². The number of furan rings is 1. The van der Waals surface area contributed by atoms with Crippen molar-refractivity contribution in [1.82, 2.24) is 19.5 Å². The van der Waals surface area contributed by atoms with Gasteiger partial charge in [-0.25, -0.2) is 15.0 Å². The molecule has 0 aliphatic rings. The zero-order chi connectivity index (χ0) is 53.4. The van der Waals surface area contributed by atoms with Gasteiger partial charge in [0.1, 0.15) is 11.2 Å². The highest BCUT2D eigenvalue weighted by Crippen LogP contribution is 2.44. The number of benzene rings is 12. The molecule has 16 aromatic rings. The Morgan fingerprint density at radius 1 is 0.284 bits per heavy atom. The second-order valence-corrected chi connectivity index (χ2v) is 21.7. The molecule has 81 heavy (non-hydrogen) atoms. The Balaban J connectivity index is 0.804. The van der Waals surface area contributed by atoms with E-state index in [0.717, 1.165) is 99.9 Å². The molecule has 4 aromatic heterocycles. The van der Waals surface area contributed by atoms with Crippen LogP contribution in [0.4, 0.5) is 0 Å². The van der Waals surface area contributed by atoms with Gasteiger partial charge in [-0.15, -0.1) is 11.3 Å². The first-order chi connectivity index (χ1) is 40.1. The zero-order valence-corrected chi connectivity index (χ0v) is 44.5. The average Bonchev–Trinajstić information content (AvgIpc) is 4.30. The number of hydrogen-bond donors (Lipinski definition) is 0. The molecule has 0 aliphatic carbocycles. The van der Waals surface area contributed by atoms with Crippen LogP contribution in [-0.2, 0) is 0 Å². The van der Waals surface area contributed by atoms with E-state index < -0.39 is 0 Å². The van der Waals surface area contributed by atoms with Gasteiger partial charge in [-0.3, -0.25) is 0 Å². The standard InChI is InChI=1S/C75H46N4OS/c1-4-18-47(19-5-1)55-41-56(48-20-6-2-7-21-48)43-57(42-55)50-24-14-26-54(40-50)74-76-73(49-22-8-3-9-23-49)77-75(78-74)63-32-17-34-69-71(63)65-46-52(37-39-68(65)80-69)51-36-38-67-64(45-51)60-28-10-12-33-66(60)79(67)58-27-15-25-53(44-58)59-30-16-31-62-61-29-11-13-35-70(61)81-72(59)62/h1-46H. The molecule has 0 saturated heterocycles. The molecule has 0 unspecified atom stereocenters. The lowest BCUT2D eigenvalue weighted by atomic mass is 9.93. The van der Waals surface area contributed by atoms with Gasteiger partial charge in [-0.05, 0) is 134 Å². The van der Waals surface area contributed by atoms with Crippen molar-refractivity contribution >= 4 is 75.3 Å². The van der Waals surface area contributed by atoms with E-state index in [0.29, 0.717) is 17.5 Å². The molecule has 5 nitrogen and oxygen atoms in total. The van der Waals surface area contributed by atoms with Crippen LogP contribution in [0, 0.1) is 0 Å². The molecule has 0 N–H and O–H groups in total. The number of para-hydroxylation sites is 1. The highest BCUT2D eigenvalue weighted by molar-refractivity contribution is 7.26. The molecule has 378 valence electrons. The number of aromatic nitrogens is 4. The lowest BCUT2D eigenvalue weighted by molar-refractivity contribution is 0.669. The van der Waals surface area contributed by atoms with Crippen LogP contribution in [0.15, 0.2) is 283 Å². The highest BCUT2D eigenvalue weighted by Gasteiger charge is 2.21. The molecule has 6 heteroatoms. The van der Waals surface area contributed by atoms with Crippen LogP contribution in [0.3, 0.4) is 0 Å². The van der Waals surface area contributed by atoms with Crippen molar-refractivity contribution in [2.75, 3.05) is 0 Å². The Bertz CT molecular complexity index is 5060. The van der Waals surface area contributed by atoms with Crippen molar-refractivity contribution in [3.8, 4) is 95.5 Å². The maximum atomic E-state index is 6.67. The first-order valence-electron chi connectivity index (χ1n) is 27.3. The van der Waals surface area contributed by atoms with Gasteiger partial charge in [0.15, 0.2) is 17.5 Å². The molecule has 0 bridgehead atoms. The fraction of sp³-hybridized carbons (Fsp3) is 0. The molecule has 0 saturated carbocycles. The first-order valence-corrected chi connectivity index (χ1v) is 28.1. The Morgan fingerprint density at radius 3 is 1.58 bits per heavy atom. The maximum Gasteiger partial charge on any atom is 0.164 e. The molecule has 0 atom stereocenters. The van der Waals surface area contributed by atoms with E-state index in [1.807, 2.05) is 41.7 Å².